The Labute approximate surface area is 147 Å². The summed E-state index contributed by atoms with van der Waals surface area (Å²) in [6.45, 7) is 10.3. The van der Waals surface area contributed by atoms with E-state index in [-0.39, 0.29) is 6.61 Å². The number of rotatable bonds is 8. The fraction of sp³-hybridized carbons (Fsp3) is 0.714. The molecule has 1 aliphatic heterocycles. The van der Waals surface area contributed by atoms with E-state index in [0.29, 0.717) is 6.04 Å². The van der Waals surface area contributed by atoms with Crippen molar-refractivity contribution in [3.8, 4) is 0 Å². The van der Waals surface area contributed by atoms with Crippen molar-refractivity contribution in [2.24, 2.45) is 5.92 Å². The molecule has 1 aromatic rings. The topological polar surface area (TPSA) is 26.7 Å². The summed E-state index contributed by atoms with van der Waals surface area (Å²) in [6.07, 6.45) is 5.34. The van der Waals surface area contributed by atoms with Crippen molar-refractivity contribution >= 4 is 0 Å². The Balaban J connectivity index is 1.45. The molecule has 0 amide bonds. The SMILES string of the molecule is CC(C)N(CCO)CC1CC(c2ccc(CN3CCCC3)cc2)C1. The highest BCUT2D eigenvalue weighted by Crippen LogP contribution is 2.42. The zero-order valence-corrected chi connectivity index (χ0v) is 15.5. The van der Waals surface area contributed by atoms with Crippen molar-refractivity contribution in [2.75, 3.05) is 32.8 Å². The van der Waals surface area contributed by atoms with Gasteiger partial charge in [-0.1, -0.05) is 24.3 Å². The van der Waals surface area contributed by atoms with Gasteiger partial charge in [0.05, 0.1) is 6.61 Å². The second-order valence-electron chi connectivity index (χ2n) is 8.07. The minimum Gasteiger partial charge on any atom is -0.395 e. The summed E-state index contributed by atoms with van der Waals surface area (Å²) in [5.74, 6) is 1.55. The second-order valence-corrected chi connectivity index (χ2v) is 8.07. The summed E-state index contributed by atoms with van der Waals surface area (Å²) in [6, 6.07) is 9.93. The van der Waals surface area contributed by atoms with Gasteiger partial charge < -0.3 is 5.11 Å². The lowest BCUT2D eigenvalue weighted by Gasteiger charge is -2.40. The average Bonchev–Trinajstić information content (AvgIpc) is 3.03. The predicted octanol–water partition coefficient (Wildman–Crippen LogP) is 3.48. The first-order valence-corrected chi connectivity index (χ1v) is 9.82. The van der Waals surface area contributed by atoms with Crippen molar-refractivity contribution in [1.82, 2.24) is 9.80 Å². The first-order valence-electron chi connectivity index (χ1n) is 9.82. The number of aliphatic hydroxyl groups excluding tert-OH is 1. The Morgan fingerprint density at radius 2 is 1.79 bits per heavy atom. The highest BCUT2D eigenvalue weighted by Gasteiger charge is 2.31. The first kappa shape index (κ1) is 17.9. The number of hydrogen-bond acceptors (Lipinski definition) is 3. The van der Waals surface area contributed by atoms with Crippen LogP contribution >= 0.6 is 0 Å². The van der Waals surface area contributed by atoms with Gasteiger partial charge >= 0.3 is 0 Å². The molecule has 1 aromatic carbocycles. The highest BCUT2D eigenvalue weighted by molar-refractivity contribution is 5.27. The van der Waals surface area contributed by atoms with Crippen LogP contribution < -0.4 is 0 Å². The maximum absolute atomic E-state index is 9.20. The van der Waals surface area contributed by atoms with Crippen LogP contribution in [0, 0.1) is 5.92 Å². The van der Waals surface area contributed by atoms with Gasteiger partial charge in [-0.25, -0.2) is 0 Å². The Kier molecular flexibility index (Phi) is 6.31. The van der Waals surface area contributed by atoms with E-state index in [0.717, 1.165) is 31.5 Å². The largest absolute Gasteiger partial charge is 0.395 e. The van der Waals surface area contributed by atoms with Gasteiger partial charge in [-0.2, -0.15) is 0 Å². The van der Waals surface area contributed by atoms with Crippen LogP contribution in [0.1, 0.15) is 56.6 Å². The molecule has 3 nitrogen and oxygen atoms in total. The molecular formula is C21H34N2O. The van der Waals surface area contributed by atoms with Crippen molar-refractivity contribution in [1.29, 1.82) is 0 Å². The van der Waals surface area contributed by atoms with E-state index < -0.39 is 0 Å². The lowest BCUT2D eigenvalue weighted by Crippen LogP contribution is -2.40. The zero-order chi connectivity index (χ0) is 16.9. The number of aliphatic hydroxyl groups is 1. The van der Waals surface area contributed by atoms with E-state index in [1.165, 1.54) is 49.9 Å². The van der Waals surface area contributed by atoms with Crippen LogP contribution in [0.2, 0.25) is 0 Å². The third kappa shape index (κ3) is 4.59. The quantitative estimate of drug-likeness (QED) is 0.790. The van der Waals surface area contributed by atoms with Crippen LogP contribution in [0.15, 0.2) is 24.3 Å². The summed E-state index contributed by atoms with van der Waals surface area (Å²) >= 11 is 0. The Morgan fingerprint density at radius 3 is 2.38 bits per heavy atom. The normalized spacial score (nSPS) is 24.7. The Hall–Kier alpha value is -0.900. The molecule has 2 aliphatic rings. The molecule has 3 heteroatoms. The van der Waals surface area contributed by atoms with Gasteiger partial charge in [-0.15, -0.1) is 0 Å². The van der Waals surface area contributed by atoms with E-state index in [1.807, 2.05) is 0 Å². The number of benzene rings is 1. The maximum Gasteiger partial charge on any atom is 0.0558 e. The van der Waals surface area contributed by atoms with Gasteiger partial charge in [0.1, 0.15) is 0 Å². The van der Waals surface area contributed by atoms with Gasteiger partial charge in [-0.3, -0.25) is 9.80 Å². The van der Waals surface area contributed by atoms with Gasteiger partial charge in [0.25, 0.3) is 0 Å². The Morgan fingerprint density at radius 1 is 1.12 bits per heavy atom. The van der Waals surface area contributed by atoms with E-state index in [4.69, 9.17) is 0 Å². The molecule has 24 heavy (non-hydrogen) atoms. The van der Waals surface area contributed by atoms with Crippen LogP contribution in [-0.2, 0) is 6.54 Å². The van der Waals surface area contributed by atoms with Crippen LogP contribution in [0.4, 0.5) is 0 Å². The zero-order valence-electron chi connectivity index (χ0n) is 15.5. The highest BCUT2D eigenvalue weighted by atomic mass is 16.3. The van der Waals surface area contributed by atoms with Gasteiger partial charge in [0.15, 0.2) is 0 Å². The lowest BCUT2D eigenvalue weighted by atomic mass is 9.71. The summed E-state index contributed by atoms with van der Waals surface area (Å²) in [4.78, 5) is 4.98. The van der Waals surface area contributed by atoms with Crippen LogP contribution in [0.5, 0.6) is 0 Å². The van der Waals surface area contributed by atoms with E-state index in [2.05, 4.69) is 47.9 Å². The molecule has 1 saturated heterocycles. The fourth-order valence-electron chi connectivity index (χ4n) is 4.27. The van der Waals surface area contributed by atoms with Gasteiger partial charge in [0, 0.05) is 25.7 Å². The van der Waals surface area contributed by atoms with E-state index in [1.54, 1.807) is 0 Å². The molecule has 0 spiro atoms. The molecule has 0 unspecified atom stereocenters. The minimum atomic E-state index is 0.271. The summed E-state index contributed by atoms with van der Waals surface area (Å²) < 4.78 is 0. The fourth-order valence-corrected chi connectivity index (χ4v) is 4.27. The molecule has 2 fully saturated rings. The van der Waals surface area contributed by atoms with Crippen LogP contribution in [0.3, 0.4) is 0 Å². The second kappa shape index (κ2) is 8.46. The van der Waals surface area contributed by atoms with E-state index in [9.17, 15) is 5.11 Å². The van der Waals surface area contributed by atoms with Crippen molar-refractivity contribution in [3.05, 3.63) is 35.4 Å². The molecule has 1 saturated carbocycles. The molecule has 0 bridgehead atoms. The average molecular weight is 331 g/mol. The van der Waals surface area contributed by atoms with Crippen molar-refractivity contribution in [2.45, 2.75) is 58.0 Å². The molecule has 0 radical (unpaired) electrons. The van der Waals surface area contributed by atoms with Crippen LogP contribution in [0.25, 0.3) is 0 Å². The third-order valence-electron chi connectivity index (χ3n) is 5.90. The number of hydrogen-bond donors (Lipinski definition) is 1. The monoisotopic (exact) mass is 330 g/mol. The smallest absolute Gasteiger partial charge is 0.0558 e. The van der Waals surface area contributed by atoms with Gasteiger partial charge in [0.2, 0.25) is 0 Å². The van der Waals surface area contributed by atoms with Crippen molar-refractivity contribution in [3.63, 3.8) is 0 Å². The predicted molar refractivity (Wildman–Crippen MR) is 100 cm³/mol. The van der Waals surface area contributed by atoms with Crippen LogP contribution in [-0.4, -0.2) is 53.7 Å². The molecule has 0 atom stereocenters. The number of likely N-dealkylation sites (tertiary alicyclic amines) is 1. The molecular weight excluding hydrogens is 296 g/mol. The first-order chi connectivity index (χ1) is 11.7. The summed E-state index contributed by atoms with van der Waals surface area (Å²) in [7, 11) is 0. The molecule has 1 aliphatic carbocycles. The van der Waals surface area contributed by atoms with E-state index >= 15 is 0 Å². The van der Waals surface area contributed by atoms with Gasteiger partial charge in [-0.05, 0) is 75.6 Å². The third-order valence-corrected chi connectivity index (χ3v) is 5.90. The lowest BCUT2D eigenvalue weighted by molar-refractivity contribution is 0.110. The maximum atomic E-state index is 9.20. The Bertz CT molecular complexity index is 487. The molecule has 1 heterocycles. The number of nitrogens with zero attached hydrogens (tertiary/aromatic N) is 2. The molecule has 0 aromatic heterocycles. The molecule has 3 rings (SSSR count). The van der Waals surface area contributed by atoms with Crippen molar-refractivity contribution < 1.29 is 5.11 Å². The standard InChI is InChI=1S/C21H34N2O/c1-17(2)23(11-12-24)16-19-13-21(14-19)20-7-5-18(6-8-20)15-22-9-3-4-10-22/h5-8,17,19,21,24H,3-4,9-16H2,1-2H3. The molecule has 1 N–H and O–H groups in total. The minimum absolute atomic E-state index is 0.271. The molecule has 134 valence electrons. The summed E-state index contributed by atoms with van der Waals surface area (Å²) in [5.41, 5.74) is 2.99. The summed E-state index contributed by atoms with van der Waals surface area (Å²) in [5, 5.41) is 9.20.